The van der Waals surface area contributed by atoms with Crippen LogP contribution in [0, 0.1) is 0 Å². The number of nitrogens with one attached hydrogen (secondary N) is 1. The Bertz CT molecular complexity index is 1540. The number of hydrogen-bond acceptors (Lipinski definition) is 7. The van der Waals surface area contributed by atoms with E-state index in [9.17, 15) is 4.21 Å². The van der Waals surface area contributed by atoms with Crippen molar-refractivity contribution in [2.45, 2.75) is 18.9 Å². The molecule has 1 unspecified atom stereocenters. The average molecular weight is 599 g/mol. The van der Waals surface area contributed by atoms with Crippen LogP contribution in [0.1, 0.15) is 12.8 Å². The summed E-state index contributed by atoms with van der Waals surface area (Å²) < 4.78 is 14.1. The fourth-order valence-corrected chi connectivity index (χ4v) is 6.98. The predicted molar refractivity (Wildman–Crippen MR) is 166 cm³/mol. The van der Waals surface area contributed by atoms with Crippen molar-refractivity contribution in [2.75, 3.05) is 62.8 Å². The maximum Gasteiger partial charge on any atom is 0.227 e. The smallest absolute Gasteiger partial charge is 0.227 e. The zero-order chi connectivity index (χ0) is 27.8. The molecule has 0 saturated carbocycles. The third kappa shape index (κ3) is 5.58. The van der Waals surface area contributed by atoms with Gasteiger partial charge in [-0.15, -0.1) is 0 Å². The zero-order valence-corrected chi connectivity index (χ0v) is 25.0. The first-order valence-corrected chi connectivity index (χ1v) is 15.9. The van der Waals surface area contributed by atoms with E-state index in [0.29, 0.717) is 27.7 Å². The largest absolute Gasteiger partial charge is 0.370 e. The second-order valence-electron chi connectivity index (χ2n) is 10.5. The lowest BCUT2D eigenvalue weighted by Gasteiger charge is -2.42. The molecule has 2 fully saturated rings. The number of piperidine rings is 1. The Balaban J connectivity index is 1.17. The summed E-state index contributed by atoms with van der Waals surface area (Å²) in [6.45, 7) is 6.64. The van der Waals surface area contributed by atoms with Gasteiger partial charge >= 0.3 is 0 Å². The Kier molecular flexibility index (Phi) is 8.01. The van der Waals surface area contributed by atoms with Gasteiger partial charge < -0.3 is 15.1 Å². The third-order valence-corrected chi connectivity index (χ3v) is 9.45. The maximum atomic E-state index is 12.3. The lowest BCUT2D eigenvalue weighted by molar-refractivity contribution is 0.0982. The van der Waals surface area contributed by atoms with Crippen molar-refractivity contribution >= 4 is 62.4 Å². The molecule has 0 spiro atoms. The van der Waals surface area contributed by atoms with Gasteiger partial charge in [0.05, 0.1) is 33.1 Å². The van der Waals surface area contributed by atoms with Gasteiger partial charge in [0.25, 0.3) is 0 Å². The van der Waals surface area contributed by atoms with E-state index in [1.807, 2.05) is 42.6 Å². The lowest BCUT2D eigenvalue weighted by Crippen LogP contribution is -2.52. The van der Waals surface area contributed by atoms with E-state index in [-0.39, 0.29) is 0 Å². The first-order chi connectivity index (χ1) is 19.4. The lowest BCUT2D eigenvalue weighted by atomic mass is 10.0. The highest BCUT2D eigenvalue weighted by Crippen LogP contribution is 2.36. The minimum atomic E-state index is -1.22. The van der Waals surface area contributed by atoms with Crippen molar-refractivity contribution in [1.82, 2.24) is 23.7 Å². The Morgan fingerprint density at radius 3 is 2.45 bits per heavy atom. The summed E-state index contributed by atoms with van der Waals surface area (Å²) in [5.74, 6) is 0.408. The summed E-state index contributed by atoms with van der Waals surface area (Å²) in [6, 6.07) is 14.5. The van der Waals surface area contributed by atoms with Gasteiger partial charge in [-0.3, -0.25) is 8.87 Å². The van der Waals surface area contributed by atoms with Crippen molar-refractivity contribution < 1.29 is 4.21 Å². The first kappa shape index (κ1) is 27.5. The van der Waals surface area contributed by atoms with Crippen LogP contribution in [0.15, 0.2) is 54.9 Å². The van der Waals surface area contributed by atoms with Crippen LogP contribution in [0.4, 0.5) is 17.3 Å². The number of nitrogens with zero attached hydrogens (tertiary/aromatic N) is 6. The van der Waals surface area contributed by atoms with Gasteiger partial charge in [0.15, 0.2) is 0 Å². The van der Waals surface area contributed by atoms with Gasteiger partial charge in [-0.1, -0.05) is 41.4 Å². The normalized spacial score (nSPS) is 18.4. The van der Waals surface area contributed by atoms with Gasteiger partial charge in [-0.2, -0.15) is 0 Å². The molecule has 4 heterocycles. The predicted octanol–water partition coefficient (Wildman–Crippen LogP) is 5.51. The van der Waals surface area contributed by atoms with Gasteiger partial charge in [-0.05, 0) is 44.2 Å². The molecule has 40 heavy (non-hydrogen) atoms. The molecule has 210 valence electrons. The van der Waals surface area contributed by atoms with Gasteiger partial charge in [0, 0.05) is 74.4 Å². The van der Waals surface area contributed by atoms with E-state index in [1.165, 1.54) is 0 Å². The van der Waals surface area contributed by atoms with Crippen LogP contribution < -0.4 is 10.2 Å². The van der Waals surface area contributed by atoms with Gasteiger partial charge in [-0.25, -0.2) is 14.2 Å². The van der Waals surface area contributed by atoms with E-state index in [2.05, 4.69) is 38.1 Å². The molecule has 4 aromatic rings. The first-order valence-electron chi connectivity index (χ1n) is 13.6. The molecule has 2 aliphatic heterocycles. The number of piperazine rings is 1. The number of para-hydroxylation sites is 1. The van der Waals surface area contributed by atoms with Crippen molar-refractivity contribution in [1.29, 1.82) is 0 Å². The Labute approximate surface area is 247 Å². The molecule has 2 aromatic carbocycles. The quantitative estimate of drug-likeness (QED) is 0.314. The van der Waals surface area contributed by atoms with Crippen molar-refractivity contribution in [3.8, 4) is 11.3 Å². The highest BCUT2D eigenvalue weighted by atomic mass is 35.5. The molecule has 8 nitrogen and oxygen atoms in total. The van der Waals surface area contributed by atoms with Crippen LogP contribution in [0.2, 0.25) is 10.0 Å². The minimum Gasteiger partial charge on any atom is -0.370 e. The number of rotatable bonds is 6. The minimum absolute atomic E-state index is 0.408. The van der Waals surface area contributed by atoms with E-state index in [1.54, 1.807) is 16.4 Å². The molecule has 11 heteroatoms. The van der Waals surface area contributed by atoms with Crippen molar-refractivity contribution in [3.05, 3.63) is 64.9 Å². The van der Waals surface area contributed by atoms with Crippen LogP contribution >= 0.6 is 23.2 Å². The van der Waals surface area contributed by atoms with Crippen LogP contribution in [0.25, 0.3) is 22.2 Å². The number of halogens is 2. The van der Waals surface area contributed by atoms with Crippen molar-refractivity contribution in [3.63, 3.8) is 0 Å². The zero-order valence-electron chi connectivity index (χ0n) is 22.7. The summed E-state index contributed by atoms with van der Waals surface area (Å²) in [7, 11) is 0.983. The Hall–Kier alpha value is -2.69. The van der Waals surface area contributed by atoms with Gasteiger partial charge in [0.1, 0.15) is 11.0 Å². The van der Waals surface area contributed by atoms with Crippen LogP contribution in [0.3, 0.4) is 0 Å². The average Bonchev–Trinajstić information content (AvgIpc) is 3.35. The molecule has 0 aliphatic carbocycles. The molecule has 0 radical (unpaired) electrons. The second kappa shape index (κ2) is 11.7. The maximum absolute atomic E-state index is 12.3. The van der Waals surface area contributed by atoms with Crippen molar-refractivity contribution in [2.24, 2.45) is 0 Å². The third-order valence-electron chi connectivity index (χ3n) is 8.02. The van der Waals surface area contributed by atoms with Gasteiger partial charge in [0.2, 0.25) is 5.95 Å². The Morgan fingerprint density at radius 2 is 1.73 bits per heavy atom. The molecule has 2 aromatic heterocycles. The van der Waals surface area contributed by atoms with E-state index >= 15 is 0 Å². The number of fused-ring (bicyclic) bond motifs is 1. The molecule has 0 bridgehead atoms. The molecule has 6 rings (SSSR count). The molecular weight excluding hydrogens is 565 g/mol. The SMILES string of the molecule is CN1CCN(C2CCN(c3ccc(Nc4ncc(Cl)c(-c5cn(S(C)=O)c6ccccc56)n4)cc3Cl)CC2)CC1. The fraction of sp³-hybridized carbons (Fsp3) is 0.379. The number of likely N-dealkylation sites (N-methyl/N-ethyl adjacent to an activating group) is 1. The van der Waals surface area contributed by atoms with E-state index < -0.39 is 11.0 Å². The molecule has 2 aliphatic rings. The summed E-state index contributed by atoms with van der Waals surface area (Å²) in [6.07, 6.45) is 7.37. The Morgan fingerprint density at radius 1 is 0.975 bits per heavy atom. The number of benzene rings is 2. The fourth-order valence-electron chi connectivity index (χ4n) is 5.80. The molecule has 1 atom stereocenters. The molecular formula is C29H33Cl2N7OS. The highest BCUT2D eigenvalue weighted by Gasteiger charge is 2.27. The standard InChI is InChI=1S/C29H33Cl2N7OS/c1-35-13-15-36(16-14-35)21-9-11-37(12-10-21)27-8-7-20(17-24(27)30)33-29-32-18-25(31)28(34-29)23-19-38(40(2)39)26-6-4-3-5-22(23)26/h3-8,17-19,21H,9-16H2,1-2H3,(H,32,33,34). The summed E-state index contributed by atoms with van der Waals surface area (Å²) >= 11 is 13.3. The highest BCUT2D eigenvalue weighted by molar-refractivity contribution is 7.82. The number of hydrogen-bond donors (Lipinski definition) is 1. The summed E-state index contributed by atoms with van der Waals surface area (Å²) in [5, 5.41) is 5.33. The van der Waals surface area contributed by atoms with E-state index in [0.717, 1.165) is 80.0 Å². The van der Waals surface area contributed by atoms with Crippen LogP contribution in [-0.4, -0.2) is 86.6 Å². The molecule has 2 saturated heterocycles. The summed E-state index contributed by atoms with van der Waals surface area (Å²) in [5.41, 5.74) is 4.09. The van der Waals surface area contributed by atoms with Crippen LogP contribution in [-0.2, 0) is 11.0 Å². The molecule has 1 N–H and O–H groups in total. The van der Waals surface area contributed by atoms with Crippen LogP contribution in [0.5, 0.6) is 0 Å². The molecule has 0 amide bonds. The summed E-state index contributed by atoms with van der Waals surface area (Å²) in [4.78, 5) is 16.6. The monoisotopic (exact) mass is 597 g/mol. The second-order valence-corrected chi connectivity index (χ2v) is 12.6. The van der Waals surface area contributed by atoms with E-state index in [4.69, 9.17) is 28.2 Å². The number of anilines is 3. The topological polar surface area (TPSA) is 69.5 Å². The number of aromatic nitrogens is 3.